The second-order valence-corrected chi connectivity index (χ2v) is 16.9. The Kier molecular flexibility index (Phi) is 9.89. The fourth-order valence-corrected chi connectivity index (χ4v) is 9.85. The predicted octanol–water partition coefficient (Wildman–Crippen LogP) is 17.7. The Hall–Kier alpha value is -8.72. The van der Waals surface area contributed by atoms with Gasteiger partial charge in [0.1, 0.15) is 0 Å². The Labute approximate surface area is 385 Å². The van der Waals surface area contributed by atoms with Crippen molar-refractivity contribution in [1.29, 1.82) is 0 Å². The SMILES string of the molecule is c1ccc(-c2ccccc2-c2ccccc2N(c2ccc(-c3cccc(-c4ccc5ccccc5c4)c3)cc2)c2ccc(-c3ccccc3-n3c4ccccc4c4ccccc43)cc2)cc1. The van der Waals surface area contributed by atoms with E-state index in [1.807, 2.05) is 0 Å². The molecule has 0 aliphatic carbocycles. The van der Waals surface area contributed by atoms with Crippen molar-refractivity contribution in [3.05, 3.63) is 267 Å². The van der Waals surface area contributed by atoms with E-state index >= 15 is 0 Å². The Morgan fingerprint density at radius 2 is 0.727 bits per heavy atom. The zero-order valence-electron chi connectivity index (χ0n) is 36.3. The highest BCUT2D eigenvalue weighted by molar-refractivity contribution is 6.09. The van der Waals surface area contributed by atoms with Gasteiger partial charge in [-0.25, -0.2) is 0 Å². The molecule has 1 aromatic heterocycles. The number of hydrogen-bond acceptors (Lipinski definition) is 1. The molecule has 0 saturated heterocycles. The third-order valence-electron chi connectivity index (χ3n) is 13.0. The minimum atomic E-state index is 1.07. The molecule has 2 nitrogen and oxygen atoms in total. The summed E-state index contributed by atoms with van der Waals surface area (Å²) in [6, 6.07) is 96.9. The number of nitrogens with zero attached hydrogens (tertiary/aromatic N) is 2. The van der Waals surface area contributed by atoms with E-state index < -0.39 is 0 Å². The fourth-order valence-electron chi connectivity index (χ4n) is 9.85. The summed E-state index contributed by atoms with van der Waals surface area (Å²) >= 11 is 0. The van der Waals surface area contributed by atoms with E-state index in [4.69, 9.17) is 0 Å². The summed E-state index contributed by atoms with van der Waals surface area (Å²) in [4.78, 5) is 2.41. The first kappa shape index (κ1) is 38.9. The largest absolute Gasteiger partial charge is 0.310 e. The van der Waals surface area contributed by atoms with E-state index in [-0.39, 0.29) is 0 Å². The van der Waals surface area contributed by atoms with Gasteiger partial charge < -0.3 is 9.47 Å². The van der Waals surface area contributed by atoms with Crippen molar-refractivity contribution in [2.24, 2.45) is 0 Å². The monoisotopic (exact) mass is 840 g/mol. The highest BCUT2D eigenvalue weighted by atomic mass is 15.1. The van der Waals surface area contributed by atoms with Gasteiger partial charge in [0.15, 0.2) is 0 Å². The van der Waals surface area contributed by atoms with Gasteiger partial charge >= 0.3 is 0 Å². The lowest BCUT2D eigenvalue weighted by Gasteiger charge is -2.29. The van der Waals surface area contributed by atoms with Gasteiger partial charge in [0.25, 0.3) is 0 Å². The van der Waals surface area contributed by atoms with Gasteiger partial charge in [-0.3, -0.25) is 0 Å². The van der Waals surface area contributed by atoms with Gasteiger partial charge in [-0.05, 0) is 116 Å². The van der Waals surface area contributed by atoms with Crippen LogP contribution < -0.4 is 4.90 Å². The molecule has 11 aromatic carbocycles. The first-order chi connectivity index (χ1) is 32.7. The molecule has 12 aromatic rings. The summed E-state index contributed by atoms with van der Waals surface area (Å²) in [6.45, 7) is 0. The van der Waals surface area contributed by atoms with Crippen LogP contribution in [0.4, 0.5) is 17.1 Å². The smallest absolute Gasteiger partial charge is 0.0541 e. The Morgan fingerprint density at radius 1 is 0.258 bits per heavy atom. The zero-order chi connectivity index (χ0) is 43.8. The van der Waals surface area contributed by atoms with Crippen LogP contribution in [0.25, 0.3) is 93.9 Å². The predicted molar refractivity (Wildman–Crippen MR) is 280 cm³/mol. The number of hydrogen-bond donors (Lipinski definition) is 0. The van der Waals surface area contributed by atoms with Gasteiger partial charge in [0, 0.05) is 33.3 Å². The molecule has 1 heterocycles. The molecule has 12 rings (SSSR count). The van der Waals surface area contributed by atoms with Crippen molar-refractivity contribution in [2.45, 2.75) is 0 Å². The molecular weight excluding hydrogens is 797 g/mol. The molecular formula is C64H44N2. The Bertz CT molecular complexity index is 3640. The van der Waals surface area contributed by atoms with E-state index in [2.05, 4.69) is 276 Å². The van der Waals surface area contributed by atoms with Crippen LogP contribution in [-0.4, -0.2) is 4.57 Å². The Balaban J connectivity index is 0.971. The highest BCUT2D eigenvalue weighted by Gasteiger charge is 2.21. The number of aromatic nitrogens is 1. The van der Waals surface area contributed by atoms with Crippen molar-refractivity contribution in [3.63, 3.8) is 0 Å². The number of anilines is 3. The van der Waals surface area contributed by atoms with E-state index in [9.17, 15) is 0 Å². The van der Waals surface area contributed by atoms with Crippen molar-refractivity contribution < 1.29 is 0 Å². The van der Waals surface area contributed by atoms with Crippen molar-refractivity contribution >= 4 is 49.6 Å². The lowest BCUT2D eigenvalue weighted by Crippen LogP contribution is -2.11. The Morgan fingerprint density at radius 3 is 1.44 bits per heavy atom. The van der Waals surface area contributed by atoms with Crippen molar-refractivity contribution in [3.8, 4) is 61.3 Å². The third kappa shape index (κ3) is 7.02. The average molecular weight is 841 g/mol. The summed E-state index contributed by atoms with van der Waals surface area (Å²) in [6.07, 6.45) is 0. The molecule has 0 radical (unpaired) electrons. The molecule has 0 aliphatic rings. The summed E-state index contributed by atoms with van der Waals surface area (Å²) in [5.41, 5.74) is 18.6. The van der Waals surface area contributed by atoms with E-state index in [1.165, 1.54) is 77.1 Å². The van der Waals surface area contributed by atoms with E-state index in [0.717, 1.165) is 33.9 Å². The molecule has 66 heavy (non-hydrogen) atoms. The number of para-hydroxylation sites is 4. The number of fused-ring (bicyclic) bond motifs is 4. The van der Waals surface area contributed by atoms with Crippen LogP contribution in [0.3, 0.4) is 0 Å². The molecule has 0 fully saturated rings. The normalized spacial score (nSPS) is 11.3. The molecule has 0 N–H and O–H groups in total. The van der Waals surface area contributed by atoms with Crippen LogP contribution in [0, 0.1) is 0 Å². The molecule has 2 heteroatoms. The lowest BCUT2D eigenvalue weighted by atomic mass is 9.93. The van der Waals surface area contributed by atoms with Crippen LogP contribution in [0.1, 0.15) is 0 Å². The summed E-state index contributed by atoms with van der Waals surface area (Å²) in [7, 11) is 0. The van der Waals surface area contributed by atoms with Gasteiger partial charge in [-0.15, -0.1) is 0 Å². The van der Waals surface area contributed by atoms with Crippen LogP contribution >= 0.6 is 0 Å². The summed E-state index contributed by atoms with van der Waals surface area (Å²) < 4.78 is 2.42. The maximum Gasteiger partial charge on any atom is 0.0541 e. The molecule has 0 saturated carbocycles. The van der Waals surface area contributed by atoms with Crippen LogP contribution in [0.5, 0.6) is 0 Å². The molecule has 0 atom stereocenters. The lowest BCUT2D eigenvalue weighted by molar-refractivity contribution is 1.18. The first-order valence-corrected chi connectivity index (χ1v) is 22.7. The standard InChI is InChI=1S/C64H44N2/c1-2-18-47(19-3-1)55-23-6-7-25-57(55)58-26-9-13-30-62(58)65(53-39-35-46(36-40-53)50-21-16-22-51(43-50)52-34-33-45-17-4-5-20-49(45)44-52)54-41-37-48(38-42-54)56-24-8-12-29-61(56)66-63-31-14-10-27-59(63)60-28-11-15-32-64(60)66/h1-44H. The molecule has 0 bridgehead atoms. The summed E-state index contributed by atoms with van der Waals surface area (Å²) in [5, 5.41) is 5.01. The van der Waals surface area contributed by atoms with Crippen molar-refractivity contribution in [2.75, 3.05) is 4.90 Å². The number of benzene rings is 11. The van der Waals surface area contributed by atoms with Crippen LogP contribution in [0.15, 0.2) is 267 Å². The number of rotatable bonds is 9. The van der Waals surface area contributed by atoms with E-state index in [1.54, 1.807) is 0 Å². The van der Waals surface area contributed by atoms with Gasteiger partial charge in [-0.1, -0.05) is 206 Å². The first-order valence-electron chi connectivity index (χ1n) is 22.7. The van der Waals surface area contributed by atoms with Gasteiger partial charge in [0.05, 0.1) is 22.4 Å². The maximum atomic E-state index is 2.42. The fraction of sp³-hybridized carbons (Fsp3) is 0. The second kappa shape index (κ2) is 16.8. The third-order valence-corrected chi connectivity index (χ3v) is 13.0. The highest BCUT2D eigenvalue weighted by Crippen LogP contribution is 2.45. The average Bonchev–Trinajstić information content (AvgIpc) is 3.74. The molecule has 310 valence electrons. The summed E-state index contributed by atoms with van der Waals surface area (Å²) in [5.74, 6) is 0. The van der Waals surface area contributed by atoms with Gasteiger partial charge in [0.2, 0.25) is 0 Å². The van der Waals surface area contributed by atoms with Crippen molar-refractivity contribution in [1.82, 2.24) is 4.57 Å². The molecule has 0 amide bonds. The quantitative estimate of drug-likeness (QED) is 0.141. The maximum absolute atomic E-state index is 2.42. The minimum Gasteiger partial charge on any atom is -0.310 e. The second-order valence-electron chi connectivity index (χ2n) is 16.9. The molecule has 0 unspecified atom stereocenters. The minimum absolute atomic E-state index is 1.07. The van der Waals surface area contributed by atoms with Crippen LogP contribution in [-0.2, 0) is 0 Å². The zero-order valence-corrected chi connectivity index (χ0v) is 36.3. The molecule has 0 aliphatic heterocycles. The van der Waals surface area contributed by atoms with E-state index in [0.29, 0.717) is 0 Å². The van der Waals surface area contributed by atoms with Gasteiger partial charge in [-0.2, -0.15) is 0 Å². The topological polar surface area (TPSA) is 8.17 Å². The van der Waals surface area contributed by atoms with Crippen LogP contribution in [0.2, 0.25) is 0 Å². The molecule has 0 spiro atoms.